The second-order valence-corrected chi connectivity index (χ2v) is 10.2. The standard InChI is InChI=1S/C15H24N2O4S2/c1-13(2)12-14-4-6-15(7-5-14)23(20,21)17-10-8-16(9-11-17)22(3,18)19/h4-7,13H,8-12H2,1-3H3. The number of sulfonamides is 2. The SMILES string of the molecule is CC(C)Cc1ccc(S(=O)(=O)N2CCN(S(C)(=O)=O)CC2)cc1. The largest absolute Gasteiger partial charge is 0.243 e. The van der Waals surface area contributed by atoms with E-state index in [1.807, 2.05) is 12.1 Å². The maximum atomic E-state index is 12.6. The van der Waals surface area contributed by atoms with Gasteiger partial charge in [0.25, 0.3) is 0 Å². The third-order valence-corrected chi connectivity index (χ3v) is 7.09. The molecule has 0 amide bonds. The summed E-state index contributed by atoms with van der Waals surface area (Å²) in [4.78, 5) is 0.262. The fraction of sp³-hybridized carbons (Fsp3) is 0.600. The van der Waals surface area contributed by atoms with Crippen molar-refractivity contribution in [1.29, 1.82) is 0 Å². The van der Waals surface area contributed by atoms with E-state index in [-0.39, 0.29) is 31.1 Å². The Labute approximate surface area is 139 Å². The maximum Gasteiger partial charge on any atom is 0.243 e. The second-order valence-electron chi connectivity index (χ2n) is 6.31. The summed E-state index contributed by atoms with van der Waals surface area (Å²) < 4.78 is 50.9. The van der Waals surface area contributed by atoms with E-state index in [1.54, 1.807) is 12.1 Å². The molecule has 23 heavy (non-hydrogen) atoms. The monoisotopic (exact) mass is 360 g/mol. The molecule has 0 radical (unpaired) electrons. The van der Waals surface area contributed by atoms with Crippen LogP contribution in [0, 0.1) is 5.92 Å². The van der Waals surface area contributed by atoms with Crippen molar-refractivity contribution in [1.82, 2.24) is 8.61 Å². The van der Waals surface area contributed by atoms with E-state index in [9.17, 15) is 16.8 Å². The predicted molar refractivity (Wildman–Crippen MR) is 90.2 cm³/mol. The summed E-state index contributed by atoms with van der Waals surface area (Å²) in [5.74, 6) is 0.515. The molecule has 1 aromatic rings. The maximum absolute atomic E-state index is 12.6. The van der Waals surface area contributed by atoms with Gasteiger partial charge in [-0.1, -0.05) is 26.0 Å². The molecule has 1 aliphatic rings. The molecule has 1 aliphatic heterocycles. The van der Waals surface area contributed by atoms with Crippen molar-refractivity contribution >= 4 is 20.0 Å². The second kappa shape index (κ2) is 6.88. The lowest BCUT2D eigenvalue weighted by molar-refractivity contribution is 0.274. The highest BCUT2D eigenvalue weighted by atomic mass is 32.2. The molecule has 0 saturated carbocycles. The molecule has 0 aromatic heterocycles. The van der Waals surface area contributed by atoms with Crippen molar-refractivity contribution in [3.8, 4) is 0 Å². The van der Waals surface area contributed by atoms with Crippen LogP contribution in [0.5, 0.6) is 0 Å². The first-order valence-corrected chi connectivity index (χ1v) is 10.9. The van der Waals surface area contributed by atoms with Crippen LogP contribution >= 0.6 is 0 Å². The zero-order valence-corrected chi connectivity index (χ0v) is 15.4. The van der Waals surface area contributed by atoms with E-state index in [0.717, 1.165) is 18.2 Å². The van der Waals surface area contributed by atoms with Gasteiger partial charge in [0, 0.05) is 26.2 Å². The molecule has 0 unspecified atom stereocenters. The summed E-state index contributed by atoms with van der Waals surface area (Å²) in [5.41, 5.74) is 1.11. The summed E-state index contributed by atoms with van der Waals surface area (Å²) in [6.07, 6.45) is 2.05. The van der Waals surface area contributed by atoms with Crippen molar-refractivity contribution in [2.75, 3.05) is 32.4 Å². The molecule has 1 heterocycles. The zero-order valence-electron chi connectivity index (χ0n) is 13.8. The van der Waals surface area contributed by atoms with E-state index < -0.39 is 20.0 Å². The van der Waals surface area contributed by atoms with E-state index in [0.29, 0.717) is 5.92 Å². The Morgan fingerprint density at radius 1 is 0.913 bits per heavy atom. The van der Waals surface area contributed by atoms with Gasteiger partial charge < -0.3 is 0 Å². The van der Waals surface area contributed by atoms with Crippen LogP contribution < -0.4 is 0 Å². The molecule has 2 rings (SSSR count). The molecular formula is C15H24N2O4S2. The fourth-order valence-electron chi connectivity index (χ4n) is 2.66. The molecule has 0 bridgehead atoms. The van der Waals surface area contributed by atoms with Crippen LogP contribution in [0.3, 0.4) is 0 Å². The first-order chi connectivity index (χ1) is 10.6. The van der Waals surface area contributed by atoms with Crippen molar-refractivity contribution in [2.45, 2.75) is 25.2 Å². The Morgan fingerprint density at radius 2 is 1.39 bits per heavy atom. The third-order valence-electron chi connectivity index (χ3n) is 3.87. The van der Waals surface area contributed by atoms with Crippen molar-refractivity contribution in [2.24, 2.45) is 5.92 Å². The molecule has 1 fully saturated rings. The average molecular weight is 361 g/mol. The first kappa shape index (κ1) is 18.4. The molecule has 130 valence electrons. The molecule has 0 aliphatic carbocycles. The summed E-state index contributed by atoms with van der Waals surface area (Å²) in [6, 6.07) is 6.96. The Kier molecular flexibility index (Phi) is 5.50. The molecule has 1 saturated heterocycles. The number of rotatable bonds is 5. The average Bonchev–Trinajstić information content (AvgIpc) is 2.46. The Balaban J connectivity index is 2.10. The van der Waals surface area contributed by atoms with Crippen LogP contribution in [0.15, 0.2) is 29.2 Å². The smallest absolute Gasteiger partial charge is 0.213 e. The Bertz CT molecular complexity index is 732. The molecule has 6 nitrogen and oxygen atoms in total. The van der Waals surface area contributed by atoms with Crippen LogP contribution in [-0.4, -0.2) is 57.9 Å². The lowest BCUT2D eigenvalue weighted by Gasteiger charge is -2.32. The normalized spacial score (nSPS) is 18.4. The Morgan fingerprint density at radius 3 is 1.83 bits per heavy atom. The van der Waals surface area contributed by atoms with Gasteiger partial charge in [0.05, 0.1) is 11.2 Å². The van der Waals surface area contributed by atoms with Crippen molar-refractivity contribution in [3.63, 3.8) is 0 Å². The molecule has 1 aromatic carbocycles. The highest BCUT2D eigenvalue weighted by Gasteiger charge is 2.31. The summed E-state index contributed by atoms with van der Waals surface area (Å²) >= 11 is 0. The molecular weight excluding hydrogens is 336 g/mol. The summed E-state index contributed by atoms with van der Waals surface area (Å²) in [7, 11) is -6.83. The van der Waals surface area contributed by atoms with Gasteiger partial charge >= 0.3 is 0 Å². The van der Waals surface area contributed by atoms with Crippen LogP contribution in [-0.2, 0) is 26.5 Å². The minimum atomic E-state index is -3.56. The van der Waals surface area contributed by atoms with Gasteiger partial charge in [0.1, 0.15) is 0 Å². The van der Waals surface area contributed by atoms with E-state index in [2.05, 4.69) is 13.8 Å². The number of hydrogen-bond acceptors (Lipinski definition) is 4. The quantitative estimate of drug-likeness (QED) is 0.789. The predicted octanol–water partition coefficient (Wildman–Crippen LogP) is 1.15. The van der Waals surface area contributed by atoms with Gasteiger partial charge in [-0.3, -0.25) is 0 Å². The van der Waals surface area contributed by atoms with Crippen molar-refractivity contribution in [3.05, 3.63) is 29.8 Å². The van der Waals surface area contributed by atoms with Crippen molar-refractivity contribution < 1.29 is 16.8 Å². The van der Waals surface area contributed by atoms with Crippen LogP contribution in [0.4, 0.5) is 0 Å². The fourth-order valence-corrected chi connectivity index (χ4v) is 4.91. The van der Waals surface area contributed by atoms with Crippen LogP contribution in [0.25, 0.3) is 0 Å². The number of nitrogens with zero attached hydrogens (tertiary/aromatic N) is 2. The topological polar surface area (TPSA) is 74.8 Å². The van der Waals surface area contributed by atoms with Gasteiger partial charge in [-0.2, -0.15) is 8.61 Å². The minimum Gasteiger partial charge on any atom is -0.213 e. The lowest BCUT2D eigenvalue weighted by atomic mass is 10.0. The van der Waals surface area contributed by atoms with Gasteiger partial charge in [-0.05, 0) is 30.0 Å². The number of benzene rings is 1. The minimum absolute atomic E-state index is 0.184. The van der Waals surface area contributed by atoms with Gasteiger partial charge in [-0.15, -0.1) is 0 Å². The molecule has 0 spiro atoms. The third kappa shape index (κ3) is 4.53. The van der Waals surface area contributed by atoms with E-state index >= 15 is 0 Å². The number of hydrogen-bond donors (Lipinski definition) is 0. The zero-order chi connectivity index (χ0) is 17.3. The van der Waals surface area contributed by atoms with Crippen LogP contribution in [0.1, 0.15) is 19.4 Å². The highest BCUT2D eigenvalue weighted by Crippen LogP contribution is 2.20. The molecule has 8 heteroatoms. The highest BCUT2D eigenvalue weighted by molar-refractivity contribution is 7.89. The molecule has 0 N–H and O–H groups in total. The number of piperazine rings is 1. The van der Waals surface area contributed by atoms with Gasteiger partial charge in [0.15, 0.2) is 0 Å². The van der Waals surface area contributed by atoms with Crippen LogP contribution in [0.2, 0.25) is 0 Å². The molecule has 0 atom stereocenters. The Hall–Kier alpha value is -0.960. The first-order valence-electron chi connectivity index (χ1n) is 7.65. The summed E-state index contributed by atoms with van der Waals surface area (Å²) in [6.45, 7) is 5.00. The van der Waals surface area contributed by atoms with Gasteiger partial charge in [-0.25, -0.2) is 16.8 Å². The summed E-state index contributed by atoms with van der Waals surface area (Å²) in [5, 5.41) is 0. The van der Waals surface area contributed by atoms with E-state index in [4.69, 9.17) is 0 Å². The van der Waals surface area contributed by atoms with E-state index in [1.165, 1.54) is 8.61 Å². The van der Waals surface area contributed by atoms with Gasteiger partial charge in [0.2, 0.25) is 20.0 Å². The lowest BCUT2D eigenvalue weighted by Crippen LogP contribution is -2.50.